The first-order chi connectivity index (χ1) is 7.62. The Kier molecular flexibility index (Phi) is 4.72. The van der Waals surface area contributed by atoms with Crippen LogP contribution in [0.15, 0.2) is 18.2 Å². The zero-order valence-corrected chi connectivity index (χ0v) is 10.1. The third-order valence-electron chi connectivity index (χ3n) is 2.50. The Bertz CT molecular complexity index is 376. The summed E-state index contributed by atoms with van der Waals surface area (Å²) in [6, 6.07) is 5.97. The van der Waals surface area contributed by atoms with Gasteiger partial charge in [-0.3, -0.25) is 4.90 Å². The fraction of sp³-hybridized carbons (Fsp3) is 0.417. The van der Waals surface area contributed by atoms with Gasteiger partial charge in [-0.2, -0.15) is 5.26 Å². The molecule has 1 aromatic carbocycles. The molecule has 4 heteroatoms. The van der Waals surface area contributed by atoms with Crippen LogP contribution >= 0.6 is 11.6 Å². The van der Waals surface area contributed by atoms with Crippen LogP contribution in [0.5, 0.6) is 0 Å². The maximum Gasteiger partial charge on any atom is 0.125 e. The predicted octanol–water partition coefficient (Wildman–Crippen LogP) is 3.39. The third-order valence-corrected chi connectivity index (χ3v) is 2.72. The van der Waals surface area contributed by atoms with E-state index in [-0.39, 0.29) is 0 Å². The maximum absolute atomic E-state index is 13.2. The summed E-state index contributed by atoms with van der Waals surface area (Å²) in [7, 11) is 0. The number of hydrogen-bond donors (Lipinski definition) is 0. The molecule has 0 saturated carbocycles. The molecule has 0 fully saturated rings. The van der Waals surface area contributed by atoms with Crippen LogP contribution in [0.3, 0.4) is 0 Å². The lowest BCUT2D eigenvalue weighted by Gasteiger charge is -2.24. The van der Waals surface area contributed by atoms with Crippen molar-refractivity contribution < 1.29 is 4.39 Å². The molecule has 0 spiro atoms. The monoisotopic (exact) mass is 240 g/mol. The molecule has 0 aliphatic carbocycles. The van der Waals surface area contributed by atoms with Crippen molar-refractivity contribution in [1.82, 2.24) is 4.90 Å². The van der Waals surface area contributed by atoms with Crippen LogP contribution < -0.4 is 0 Å². The lowest BCUT2D eigenvalue weighted by molar-refractivity contribution is 0.262. The predicted molar refractivity (Wildman–Crippen MR) is 62.7 cm³/mol. The Morgan fingerprint density at radius 1 is 1.38 bits per heavy atom. The molecule has 0 radical (unpaired) electrons. The molecule has 1 atom stereocenters. The Hall–Kier alpha value is -1.11. The molecule has 1 rings (SSSR count). The van der Waals surface area contributed by atoms with E-state index in [0.717, 1.165) is 13.1 Å². The van der Waals surface area contributed by atoms with Gasteiger partial charge in [0.2, 0.25) is 0 Å². The van der Waals surface area contributed by atoms with Crippen LogP contribution in [0.2, 0.25) is 5.02 Å². The van der Waals surface area contributed by atoms with Gasteiger partial charge in [0.15, 0.2) is 0 Å². The Morgan fingerprint density at radius 2 is 2.00 bits per heavy atom. The SMILES string of the molecule is CCN(CC)C(C#N)c1cc(F)cc(Cl)c1. The van der Waals surface area contributed by atoms with Crippen molar-refractivity contribution in [3.05, 3.63) is 34.6 Å². The summed E-state index contributed by atoms with van der Waals surface area (Å²) in [6.07, 6.45) is 0. The maximum atomic E-state index is 13.2. The number of nitrogens with zero attached hydrogens (tertiary/aromatic N) is 2. The van der Waals surface area contributed by atoms with E-state index in [1.54, 1.807) is 6.07 Å². The van der Waals surface area contributed by atoms with Crippen molar-refractivity contribution in [2.24, 2.45) is 0 Å². The summed E-state index contributed by atoms with van der Waals surface area (Å²) in [5, 5.41) is 9.46. The molecule has 2 nitrogen and oxygen atoms in total. The number of hydrogen-bond acceptors (Lipinski definition) is 2. The molecule has 1 aromatic rings. The fourth-order valence-corrected chi connectivity index (χ4v) is 1.92. The van der Waals surface area contributed by atoms with Crippen molar-refractivity contribution in [2.45, 2.75) is 19.9 Å². The minimum atomic E-state index is -0.441. The minimum Gasteiger partial charge on any atom is -0.285 e. The molecule has 0 N–H and O–H groups in total. The second-order valence-electron chi connectivity index (χ2n) is 3.46. The van der Waals surface area contributed by atoms with Crippen molar-refractivity contribution in [3.8, 4) is 6.07 Å². The molecule has 0 heterocycles. The molecular formula is C12H14ClFN2. The largest absolute Gasteiger partial charge is 0.285 e. The molecule has 1 unspecified atom stereocenters. The number of halogens is 2. The van der Waals surface area contributed by atoms with Crippen LogP contribution in [0.4, 0.5) is 4.39 Å². The minimum absolute atomic E-state index is 0.322. The highest BCUT2D eigenvalue weighted by atomic mass is 35.5. The van der Waals surface area contributed by atoms with E-state index < -0.39 is 11.9 Å². The van der Waals surface area contributed by atoms with Crippen molar-refractivity contribution in [2.75, 3.05) is 13.1 Å². The standard InChI is InChI=1S/C12H14ClFN2/c1-3-16(4-2)12(8-15)9-5-10(13)7-11(14)6-9/h5-7,12H,3-4H2,1-2H3. The zero-order valence-electron chi connectivity index (χ0n) is 9.37. The summed E-state index contributed by atoms with van der Waals surface area (Å²) in [4.78, 5) is 1.95. The fourth-order valence-electron chi connectivity index (χ4n) is 1.69. The molecule has 0 bridgehead atoms. The molecule has 0 aromatic heterocycles. The van der Waals surface area contributed by atoms with Crippen LogP contribution in [-0.4, -0.2) is 18.0 Å². The van der Waals surface area contributed by atoms with E-state index in [9.17, 15) is 4.39 Å². The molecule has 16 heavy (non-hydrogen) atoms. The van der Waals surface area contributed by atoms with E-state index in [2.05, 4.69) is 6.07 Å². The Labute approximate surface area is 100 Å². The third kappa shape index (κ3) is 2.94. The van der Waals surface area contributed by atoms with E-state index in [0.29, 0.717) is 10.6 Å². The molecule has 86 valence electrons. The smallest absolute Gasteiger partial charge is 0.125 e. The van der Waals surface area contributed by atoms with Crippen LogP contribution in [0, 0.1) is 17.1 Å². The van der Waals surface area contributed by atoms with E-state index >= 15 is 0 Å². The molecule has 0 saturated heterocycles. The molecule has 0 amide bonds. The van der Waals surface area contributed by atoms with Gasteiger partial charge in [-0.15, -0.1) is 0 Å². The van der Waals surface area contributed by atoms with Gasteiger partial charge in [-0.05, 0) is 36.9 Å². The Morgan fingerprint density at radius 3 is 2.44 bits per heavy atom. The zero-order chi connectivity index (χ0) is 12.1. The normalized spacial score (nSPS) is 12.5. The second kappa shape index (κ2) is 5.83. The highest BCUT2D eigenvalue weighted by molar-refractivity contribution is 6.30. The summed E-state index contributed by atoms with van der Waals surface area (Å²) < 4.78 is 13.2. The van der Waals surface area contributed by atoms with Gasteiger partial charge in [-0.1, -0.05) is 25.4 Å². The average molecular weight is 241 g/mol. The van der Waals surface area contributed by atoms with Crippen molar-refractivity contribution in [3.63, 3.8) is 0 Å². The van der Waals surface area contributed by atoms with Gasteiger partial charge in [-0.25, -0.2) is 4.39 Å². The van der Waals surface area contributed by atoms with Gasteiger partial charge >= 0.3 is 0 Å². The number of nitriles is 1. The first-order valence-corrected chi connectivity index (χ1v) is 5.59. The van der Waals surface area contributed by atoms with E-state index in [1.165, 1.54) is 12.1 Å². The molecular weight excluding hydrogens is 227 g/mol. The van der Waals surface area contributed by atoms with E-state index in [1.807, 2.05) is 18.7 Å². The highest BCUT2D eigenvalue weighted by Crippen LogP contribution is 2.24. The number of rotatable bonds is 4. The first kappa shape index (κ1) is 13.0. The summed E-state index contributed by atoms with van der Waals surface area (Å²) in [5.74, 6) is -0.407. The van der Waals surface area contributed by atoms with Crippen LogP contribution in [0.25, 0.3) is 0 Å². The number of benzene rings is 1. The summed E-state index contributed by atoms with van der Waals surface area (Å²) in [5.41, 5.74) is 0.608. The van der Waals surface area contributed by atoms with Crippen LogP contribution in [-0.2, 0) is 0 Å². The molecule has 0 aliphatic rings. The average Bonchev–Trinajstić information content (AvgIpc) is 2.24. The van der Waals surface area contributed by atoms with Gasteiger partial charge in [0.1, 0.15) is 11.9 Å². The quantitative estimate of drug-likeness (QED) is 0.807. The van der Waals surface area contributed by atoms with E-state index in [4.69, 9.17) is 16.9 Å². The van der Waals surface area contributed by atoms with Gasteiger partial charge in [0, 0.05) is 5.02 Å². The topological polar surface area (TPSA) is 27.0 Å². The van der Waals surface area contributed by atoms with Gasteiger partial charge < -0.3 is 0 Å². The lowest BCUT2D eigenvalue weighted by atomic mass is 10.1. The molecule has 0 aliphatic heterocycles. The summed E-state index contributed by atoms with van der Waals surface area (Å²) in [6.45, 7) is 5.41. The Balaban J connectivity index is 3.08. The van der Waals surface area contributed by atoms with Gasteiger partial charge in [0.05, 0.1) is 6.07 Å². The first-order valence-electron chi connectivity index (χ1n) is 5.22. The van der Waals surface area contributed by atoms with Gasteiger partial charge in [0.25, 0.3) is 0 Å². The summed E-state index contributed by atoms with van der Waals surface area (Å²) >= 11 is 5.77. The lowest BCUT2D eigenvalue weighted by Crippen LogP contribution is -2.27. The second-order valence-corrected chi connectivity index (χ2v) is 3.89. The van der Waals surface area contributed by atoms with Crippen molar-refractivity contribution >= 4 is 11.6 Å². The van der Waals surface area contributed by atoms with Crippen molar-refractivity contribution in [1.29, 1.82) is 5.26 Å². The van der Waals surface area contributed by atoms with Crippen LogP contribution in [0.1, 0.15) is 25.5 Å². The highest BCUT2D eigenvalue weighted by Gasteiger charge is 2.18.